The minimum absolute atomic E-state index is 0.0405. The summed E-state index contributed by atoms with van der Waals surface area (Å²) in [5.41, 5.74) is 3.40. The maximum absolute atomic E-state index is 13.6. The van der Waals surface area contributed by atoms with Gasteiger partial charge in [-0.3, -0.25) is 9.78 Å². The molecule has 0 atom stereocenters. The number of hydrogen-bond donors (Lipinski definition) is 2. The molecule has 2 aromatic carbocycles. The highest BCUT2D eigenvalue weighted by molar-refractivity contribution is 6.31. The summed E-state index contributed by atoms with van der Waals surface area (Å²) in [6.45, 7) is 7.29. The molecule has 1 saturated heterocycles. The number of pyridine rings is 1. The number of fused-ring (bicyclic) bond motifs is 1. The summed E-state index contributed by atoms with van der Waals surface area (Å²) in [6.07, 6.45) is 4.84. The van der Waals surface area contributed by atoms with Crippen LogP contribution in [0.15, 0.2) is 48.2 Å². The number of rotatable bonds is 7. The number of carbonyl (C=O) groups excluding carboxylic acids is 1. The van der Waals surface area contributed by atoms with Crippen molar-refractivity contribution in [3.8, 4) is 11.8 Å². The lowest BCUT2D eigenvalue weighted by Crippen LogP contribution is -2.30. The van der Waals surface area contributed by atoms with E-state index >= 15 is 0 Å². The molecule has 0 radical (unpaired) electrons. The van der Waals surface area contributed by atoms with E-state index in [2.05, 4.69) is 33.5 Å². The summed E-state index contributed by atoms with van der Waals surface area (Å²) in [4.78, 5) is 19.7. The number of likely N-dealkylation sites (tertiary alicyclic amines) is 1. The van der Waals surface area contributed by atoms with E-state index in [9.17, 15) is 14.4 Å². The van der Waals surface area contributed by atoms with Crippen LogP contribution in [0.1, 0.15) is 32.3 Å². The maximum atomic E-state index is 13.6. The number of nitrogens with one attached hydrogen (secondary N) is 2. The van der Waals surface area contributed by atoms with Crippen molar-refractivity contribution in [1.82, 2.24) is 9.88 Å². The summed E-state index contributed by atoms with van der Waals surface area (Å²) >= 11 is 5.94. The van der Waals surface area contributed by atoms with E-state index in [-0.39, 0.29) is 16.5 Å². The van der Waals surface area contributed by atoms with Gasteiger partial charge in [0.2, 0.25) is 5.91 Å². The third-order valence-corrected chi connectivity index (χ3v) is 6.41. The summed E-state index contributed by atoms with van der Waals surface area (Å²) in [5, 5.41) is 16.4. The number of benzene rings is 2. The molecule has 0 spiro atoms. The van der Waals surface area contributed by atoms with E-state index in [0.29, 0.717) is 40.3 Å². The molecule has 1 aliphatic heterocycles. The lowest BCUT2D eigenvalue weighted by molar-refractivity contribution is -0.112. The van der Waals surface area contributed by atoms with E-state index in [4.69, 9.17) is 16.3 Å². The van der Waals surface area contributed by atoms with Gasteiger partial charge in [-0.25, -0.2) is 4.39 Å². The molecule has 1 aromatic heterocycles. The van der Waals surface area contributed by atoms with Gasteiger partial charge in [0, 0.05) is 42.5 Å². The van der Waals surface area contributed by atoms with Crippen molar-refractivity contribution in [3.63, 3.8) is 0 Å². The molecule has 7 nitrogen and oxygen atoms in total. The number of nitrogens with zero attached hydrogens (tertiary/aromatic N) is 3. The average molecular weight is 508 g/mol. The van der Waals surface area contributed by atoms with E-state index < -0.39 is 5.82 Å². The highest BCUT2D eigenvalue weighted by Crippen LogP contribution is 2.36. The first-order valence-electron chi connectivity index (χ1n) is 11.9. The maximum Gasteiger partial charge on any atom is 0.248 e. The number of hydrogen-bond acceptors (Lipinski definition) is 6. The molecule has 1 amide bonds. The number of halogens is 2. The Morgan fingerprint density at radius 3 is 2.72 bits per heavy atom. The molecular formula is C27H27ClFN5O2. The lowest BCUT2D eigenvalue weighted by Gasteiger charge is -2.26. The first-order chi connectivity index (χ1) is 17.4. The van der Waals surface area contributed by atoms with Crippen LogP contribution in [0.25, 0.3) is 10.9 Å². The molecule has 0 saturated carbocycles. The fraction of sp³-hybridized carbons (Fsp3) is 0.296. The van der Waals surface area contributed by atoms with Gasteiger partial charge in [-0.2, -0.15) is 5.26 Å². The van der Waals surface area contributed by atoms with Gasteiger partial charge in [0.25, 0.3) is 0 Å². The van der Waals surface area contributed by atoms with Crippen LogP contribution in [0.5, 0.6) is 5.75 Å². The van der Waals surface area contributed by atoms with Gasteiger partial charge < -0.3 is 20.3 Å². The number of piperidine rings is 1. The monoisotopic (exact) mass is 507 g/mol. The normalized spacial score (nSPS) is 13.8. The van der Waals surface area contributed by atoms with Crippen LogP contribution < -0.4 is 15.4 Å². The minimum Gasteiger partial charge on any atom is -0.492 e. The molecule has 0 unspecified atom stereocenters. The molecule has 186 valence electrons. The first-order valence-corrected chi connectivity index (χ1v) is 12.2. The fourth-order valence-corrected chi connectivity index (χ4v) is 4.37. The van der Waals surface area contributed by atoms with Gasteiger partial charge in [0.05, 0.1) is 34.1 Å². The lowest BCUT2D eigenvalue weighted by atomic mass is 10.0. The third-order valence-electron chi connectivity index (χ3n) is 6.12. The number of aromatic nitrogens is 1. The Labute approximate surface area is 214 Å². The SMILES string of the molecule is CCOc1cc2ncc(C#N)c(Nc3ccc(F)c(Cl)c3)c2cc1NC(=O)C=C1CCN(CC)CC1. The number of anilines is 3. The number of carbonyl (C=O) groups is 1. The number of amides is 1. The Morgan fingerprint density at radius 1 is 1.28 bits per heavy atom. The van der Waals surface area contributed by atoms with E-state index in [1.165, 1.54) is 24.4 Å². The van der Waals surface area contributed by atoms with Gasteiger partial charge in [-0.05, 0) is 50.6 Å². The number of nitriles is 1. The predicted octanol–water partition coefficient (Wildman–Crippen LogP) is 6.02. The Balaban J connectivity index is 1.70. The Morgan fingerprint density at radius 2 is 2.06 bits per heavy atom. The van der Waals surface area contributed by atoms with Gasteiger partial charge in [0.1, 0.15) is 17.6 Å². The quantitative estimate of drug-likeness (QED) is 0.380. The van der Waals surface area contributed by atoms with Crippen LogP contribution in [0.4, 0.5) is 21.5 Å². The van der Waals surface area contributed by atoms with Crippen molar-refractivity contribution in [3.05, 3.63) is 64.6 Å². The van der Waals surface area contributed by atoms with Crippen molar-refractivity contribution in [2.75, 3.05) is 36.9 Å². The van der Waals surface area contributed by atoms with Crippen molar-refractivity contribution >= 4 is 45.5 Å². The van der Waals surface area contributed by atoms with Gasteiger partial charge >= 0.3 is 0 Å². The highest BCUT2D eigenvalue weighted by atomic mass is 35.5. The number of ether oxygens (including phenoxy) is 1. The van der Waals surface area contributed by atoms with Crippen LogP contribution in [0.2, 0.25) is 5.02 Å². The summed E-state index contributed by atoms with van der Waals surface area (Å²) < 4.78 is 19.4. The summed E-state index contributed by atoms with van der Waals surface area (Å²) in [5.74, 6) is -0.298. The van der Waals surface area contributed by atoms with Crippen molar-refractivity contribution < 1.29 is 13.9 Å². The molecule has 0 bridgehead atoms. The van der Waals surface area contributed by atoms with E-state index in [0.717, 1.165) is 38.0 Å². The Kier molecular flexibility index (Phi) is 8.04. The molecule has 36 heavy (non-hydrogen) atoms. The van der Waals surface area contributed by atoms with Crippen molar-refractivity contribution in [1.29, 1.82) is 5.26 Å². The van der Waals surface area contributed by atoms with E-state index in [1.54, 1.807) is 18.2 Å². The second-order valence-electron chi connectivity index (χ2n) is 8.44. The Bertz CT molecular complexity index is 1360. The van der Waals surface area contributed by atoms with Crippen molar-refractivity contribution in [2.45, 2.75) is 26.7 Å². The zero-order valence-corrected chi connectivity index (χ0v) is 21.0. The molecular weight excluding hydrogens is 481 g/mol. The Hall–Kier alpha value is -3.67. The zero-order chi connectivity index (χ0) is 25.7. The summed E-state index contributed by atoms with van der Waals surface area (Å²) in [7, 11) is 0. The third kappa shape index (κ3) is 5.76. The first kappa shape index (κ1) is 25.4. The largest absolute Gasteiger partial charge is 0.492 e. The van der Waals surface area contributed by atoms with Crippen LogP contribution in [0.3, 0.4) is 0 Å². The molecule has 2 N–H and O–H groups in total. The van der Waals surface area contributed by atoms with Crippen LogP contribution in [0, 0.1) is 17.1 Å². The van der Waals surface area contributed by atoms with Gasteiger partial charge in [0.15, 0.2) is 0 Å². The van der Waals surface area contributed by atoms with Gasteiger partial charge in [-0.1, -0.05) is 24.1 Å². The highest BCUT2D eigenvalue weighted by Gasteiger charge is 2.17. The smallest absolute Gasteiger partial charge is 0.248 e. The van der Waals surface area contributed by atoms with Crippen LogP contribution >= 0.6 is 11.6 Å². The molecule has 3 aromatic rings. The molecule has 2 heterocycles. The second kappa shape index (κ2) is 11.4. The molecule has 1 aliphatic rings. The zero-order valence-electron chi connectivity index (χ0n) is 20.2. The fourth-order valence-electron chi connectivity index (χ4n) is 4.19. The standard InChI is InChI=1S/C27H27ClFN5O2/c1-3-34-9-7-17(8-10-34)11-26(35)33-24-13-20-23(14-25(24)36-4-2)31-16-18(15-30)27(20)32-19-5-6-22(29)21(28)12-19/h5-6,11-14,16H,3-4,7-10H2,1-2H3,(H,31,32)(H,33,35). The second-order valence-corrected chi connectivity index (χ2v) is 8.84. The van der Waals surface area contributed by atoms with Crippen LogP contribution in [-0.4, -0.2) is 42.0 Å². The van der Waals surface area contributed by atoms with E-state index in [1.807, 2.05) is 6.92 Å². The van der Waals surface area contributed by atoms with Gasteiger partial charge in [-0.15, -0.1) is 0 Å². The molecule has 4 rings (SSSR count). The molecule has 0 aliphatic carbocycles. The average Bonchev–Trinajstić information content (AvgIpc) is 2.87. The van der Waals surface area contributed by atoms with Crippen molar-refractivity contribution in [2.24, 2.45) is 0 Å². The van der Waals surface area contributed by atoms with Crippen LogP contribution in [-0.2, 0) is 4.79 Å². The minimum atomic E-state index is -0.539. The molecule has 1 fully saturated rings. The predicted molar refractivity (Wildman–Crippen MR) is 140 cm³/mol. The topological polar surface area (TPSA) is 90.3 Å². The summed E-state index contributed by atoms with van der Waals surface area (Å²) in [6, 6.07) is 9.81. The molecule has 9 heteroatoms.